The maximum absolute atomic E-state index is 14.1. The number of benzene rings is 1. The van der Waals surface area contributed by atoms with Gasteiger partial charge in [-0.25, -0.2) is 20.0 Å². The number of carbonyl (C=O) groups is 3. The molecular weight excluding hydrogens is 560 g/mol. The van der Waals surface area contributed by atoms with Crippen LogP contribution in [0.2, 0.25) is 0 Å². The van der Waals surface area contributed by atoms with Crippen molar-refractivity contribution in [2.45, 2.75) is 110 Å². The van der Waals surface area contributed by atoms with E-state index in [9.17, 15) is 14.4 Å². The zero-order valence-electron chi connectivity index (χ0n) is 26.4. The fourth-order valence-electron chi connectivity index (χ4n) is 6.30. The van der Waals surface area contributed by atoms with Crippen LogP contribution in [-0.4, -0.2) is 50.6 Å². The van der Waals surface area contributed by atoms with Crippen molar-refractivity contribution in [3.8, 4) is 0 Å². The van der Waals surface area contributed by atoms with Crippen LogP contribution in [0.15, 0.2) is 42.7 Å². The van der Waals surface area contributed by atoms with Crippen molar-refractivity contribution in [3.05, 3.63) is 48.3 Å². The number of carbonyl (C=O) groups excluding carboxylic acids is 3. The van der Waals surface area contributed by atoms with Gasteiger partial charge in [0.25, 0.3) is 5.91 Å². The second kappa shape index (κ2) is 17.9. The molecule has 11 nitrogen and oxygen atoms in total. The second-order valence-corrected chi connectivity index (χ2v) is 12.7. The predicted molar refractivity (Wildman–Crippen MR) is 165 cm³/mol. The summed E-state index contributed by atoms with van der Waals surface area (Å²) in [6, 6.07) is 9.49. The van der Waals surface area contributed by atoms with E-state index in [1.807, 2.05) is 44.2 Å². The summed E-state index contributed by atoms with van der Waals surface area (Å²) in [6.45, 7) is 4.78. The third kappa shape index (κ3) is 11.0. The van der Waals surface area contributed by atoms with E-state index < -0.39 is 18.1 Å². The molecule has 0 spiro atoms. The van der Waals surface area contributed by atoms with Crippen molar-refractivity contribution in [2.75, 3.05) is 6.61 Å². The Kier molecular flexibility index (Phi) is 13.6. The van der Waals surface area contributed by atoms with E-state index in [0.29, 0.717) is 31.8 Å². The van der Waals surface area contributed by atoms with Crippen molar-refractivity contribution < 1.29 is 24.0 Å². The van der Waals surface area contributed by atoms with Gasteiger partial charge in [-0.05, 0) is 43.1 Å². The van der Waals surface area contributed by atoms with E-state index in [1.54, 1.807) is 6.20 Å². The van der Waals surface area contributed by atoms with Gasteiger partial charge in [0.05, 0.1) is 24.6 Å². The number of aromatic nitrogens is 3. The Hall–Kier alpha value is -3.31. The number of hydrogen-bond donors (Lipinski definition) is 2. The highest BCUT2D eigenvalue weighted by Crippen LogP contribution is 2.31. The van der Waals surface area contributed by atoms with Gasteiger partial charge < -0.3 is 4.74 Å². The van der Waals surface area contributed by atoms with Gasteiger partial charge >= 0.3 is 0 Å². The Balaban J connectivity index is 1.51. The summed E-state index contributed by atoms with van der Waals surface area (Å²) in [5, 5.41) is 9.03. The number of nitrogens with one attached hydrogen (secondary N) is 2. The van der Waals surface area contributed by atoms with Crippen LogP contribution in [0.4, 0.5) is 0 Å². The highest BCUT2D eigenvalue weighted by Gasteiger charge is 2.36. The molecule has 0 bridgehead atoms. The topological polar surface area (TPSA) is 128 Å². The molecule has 1 aliphatic heterocycles. The second-order valence-electron chi connectivity index (χ2n) is 12.7. The quantitative estimate of drug-likeness (QED) is 0.274. The number of nitrogens with zero attached hydrogens (tertiary/aromatic N) is 4. The fraction of sp³-hybridized carbons (Fsp3) is 0.667. The number of ether oxygens (including phenoxy) is 1. The first-order valence-corrected chi connectivity index (χ1v) is 16.4. The van der Waals surface area contributed by atoms with Gasteiger partial charge in [0.2, 0.25) is 11.8 Å². The van der Waals surface area contributed by atoms with Crippen LogP contribution in [0.5, 0.6) is 0 Å². The molecule has 3 amide bonds. The van der Waals surface area contributed by atoms with Crippen LogP contribution >= 0.6 is 0 Å². The Morgan fingerprint density at radius 2 is 1.80 bits per heavy atom. The molecule has 242 valence electrons. The Labute approximate surface area is 261 Å². The highest BCUT2D eigenvalue weighted by atomic mass is 16.8. The molecule has 1 aromatic heterocycles. The first-order valence-electron chi connectivity index (χ1n) is 16.4. The SMILES string of the molecule is CC(C)C[C@@H](C(=O)NN(Cc1ccccc1)C(=O)Cn1ccnn1)[C@H](CCCC1CCCCC1)C(=O)NOC1CCCCO1. The van der Waals surface area contributed by atoms with Gasteiger partial charge in [-0.15, -0.1) is 5.10 Å². The molecule has 1 unspecified atom stereocenters. The molecule has 2 fully saturated rings. The number of rotatable bonds is 15. The van der Waals surface area contributed by atoms with Crippen LogP contribution in [0.3, 0.4) is 0 Å². The molecule has 1 aromatic carbocycles. The average Bonchev–Trinajstić information content (AvgIpc) is 3.55. The van der Waals surface area contributed by atoms with Gasteiger partial charge in [-0.1, -0.05) is 94.3 Å². The maximum Gasteiger partial charge on any atom is 0.263 e. The minimum atomic E-state index is -0.658. The van der Waals surface area contributed by atoms with Gasteiger partial charge in [0.15, 0.2) is 6.29 Å². The molecule has 11 heteroatoms. The highest BCUT2D eigenvalue weighted by molar-refractivity contribution is 5.88. The van der Waals surface area contributed by atoms with Crippen molar-refractivity contribution in [1.29, 1.82) is 0 Å². The summed E-state index contributed by atoms with van der Waals surface area (Å²) < 4.78 is 7.07. The van der Waals surface area contributed by atoms with Gasteiger partial charge in [0, 0.05) is 19.2 Å². The molecule has 2 N–H and O–H groups in total. The van der Waals surface area contributed by atoms with E-state index in [0.717, 1.165) is 31.2 Å². The minimum absolute atomic E-state index is 0.0809. The lowest BCUT2D eigenvalue weighted by atomic mass is 9.79. The van der Waals surface area contributed by atoms with E-state index in [4.69, 9.17) is 9.57 Å². The lowest BCUT2D eigenvalue weighted by Crippen LogP contribution is -2.52. The Bertz CT molecular complexity index is 1130. The predicted octanol–water partition coefficient (Wildman–Crippen LogP) is 4.94. The zero-order valence-corrected chi connectivity index (χ0v) is 26.4. The van der Waals surface area contributed by atoms with Crippen LogP contribution in [0, 0.1) is 23.7 Å². The Morgan fingerprint density at radius 3 is 2.48 bits per heavy atom. The van der Waals surface area contributed by atoms with Crippen molar-refractivity contribution in [2.24, 2.45) is 23.7 Å². The van der Waals surface area contributed by atoms with E-state index in [-0.39, 0.29) is 36.7 Å². The Morgan fingerprint density at radius 1 is 1.02 bits per heavy atom. The summed E-state index contributed by atoms with van der Waals surface area (Å²) >= 11 is 0. The number of hydrogen-bond acceptors (Lipinski definition) is 7. The van der Waals surface area contributed by atoms with Crippen molar-refractivity contribution >= 4 is 17.7 Å². The molecule has 1 saturated heterocycles. The first kappa shape index (κ1) is 33.6. The third-order valence-electron chi connectivity index (χ3n) is 8.66. The molecule has 2 aliphatic rings. The summed E-state index contributed by atoms with van der Waals surface area (Å²) in [6.07, 6.45) is 14.5. The van der Waals surface area contributed by atoms with E-state index >= 15 is 0 Å². The van der Waals surface area contributed by atoms with E-state index in [1.165, 1.54) is 48.0 Å². The fourth-order valence-corrected chi connectivity index (χ4v) is 6.30. The normalized spacial score (nSPS) is 18.8. The molecule has 1 aliphatic carbocycles. The first-order chi connectivity index (χ1) is 21.4. The van der Waals surface area contributed by atoms with E-state index in [2.05, 4.69) is 21.2 Å². The lowest BCUT2D eigenvalue weighted by molar-refractivity contribution is -0.203. The average molecular weight is 611 g/mol. The lowest BCUT2D eigenvalue weighted by Gasteiger charge is -2.31. The molecule has 0 radical (unpaired) electrons. The summed E-state index contributed by atoms with van der Waals surface area (Å²) in [7, 11) is 0. The molecule has 2 aromatic rings. The molecular formula is C33H50N6O5. The van der Waals surface area contributed by atoms with Gasteiger partial charge in [-0.2, -0.15) is 0 Å². The van der Waals surface area contributed by atoms with Crippen molar-refractivity contribution in [1.82, 2.24) is 30.9 Å². The largest absolute Gasteiger partial charge is 0.350 e. The summed E-state index contributed by atoms with van der Waals surface area (Å²) in [5.74, 6) is -1.46. The number of amides is 3. The van der Waals surface area contributed by atoms with Crippen molar-refractivity contribution in [3.63, 3.8) is 0 Å². The maximum atomic E-state index is 14.1. The molecule has 3 atom stereocenters. The zero-order chi connectivity index (χ0) is 31.1. The van der Waals surface area contributed by atoms with Crippen LogP contribution < -0.4 is 10.9 Å². The molecule has 4 rings (SSSR count). The standard InChI is InChI=1S/C33H50N6O5/c1-25(2)22-29(32(41)35-39(23-27-14-7-4-8-15-27)30(40)24-38-20-19-34-37-38)28(17-11-16-26-12-5-3-6-13-26)33(42)36-44-31-18-9-10-21-43-31/h4,7-8,14-15,19-20,25-26,28-29,31H,3,5-6,9-13,16-18,21-24H2,1-2H3,(H,35,41)(H,36,42)/t28-,29+,31?/m0/s1. The summed E-state index contributed by atoms with van der Waals surface area (Å²) in [5.41, 5.74) is 6.42. The third-order valence-corrected chi connectivity index (χ3v) is 8.66. The van der Waals surface area contributed by atoms with Crippen LogP contribution in [0.1, 0.15) is 96.5 Å². The molecule has 2 heterocycles. The van der Waals surface area contributed by atoms with Crippen LogP contribution in [-0.2, 0) is 37.0 Å². The number of hydrazine groups is 1. The number of hydroxylamine groups is 1. The monoisotopic (exact) mass is 610 g/mol. The molecule has 1 saturated carbocycles. The molecule has 44 heavy (non-hydrogen) atoms. The van der Waals surface area contributed by atoms with Gasteiger partial charge in [-0.3, -0.25) is 19.8 Å². The summed E-state index contributed by atoms with van der Waals surface area (Å²) in [4.78, 5) is 47.0. The van der Waals surface area contributed by atoms with Crippen LogP contribution in [0.25, 0.3) is 0 Å². The smallest absolute Gasteiger partial charge is 0.263 e. The van der Waals surface area contributed by atoms with Gasteiger partial charge in [0.1, 0.15) is 6.54 Å². The minimum Gasteiger partial charge on any atom is -0.350 e.